The molecule has 20 heavy (non-hydrogen) atoms. The van der Waals surface area contributed by atoms with E-state index in [-0.39, 0.29) is 17.6 Å². The molecule has 0 aromatic heterocycles. The highest BCUT2D eigenvalue weighted by molar-refractivity contribution is 6.43. The molecule has 1 N–H and O–H groups in total. The first-order valence-corrected chi connectivity index (χ1v) is 6.94. The van der Waals surface area contributed by atoms with Crippen LogP contribution in [0.15, 0.2) is 0 Å². The van der Waals surface area contributed by atoms with Crippen LogP contribution in [-0.2, 0) is 23.6 Å². The Labute approximate surface area is 120 Å². The van der Waals surface area contributed by atoms with Gasteiger partial charge in [-0.1, -0.05) is 20.8 Å². The second-order valence-electron chi connectivity index (χ2n) is 6.71. The normalized spacial score (nSPS) is 38.4. The van der Waals surface area contributed by atoms with Crippen molar-refractivity contribution >= 4 is 7.12 Å². The molecule has 2 heterocycles. The maximum atomic E-state index is 9.92. The van der Waals surface area contributed by atoms with Crippen LogP contribution in [0.3, 0.4) is 0 Å². The van der Waals surface area contributed by atoms with E-state index in [0.717, 1.165) is 0 Å². The number of fused-ring (bicyclic) bond motifs is 1. The Bertz CT molecular complexity index is 342. The fraction of sp³-hybridized carbons (Fsp3) is 1.00. The summed E-state index contributed by atoms with van der Waals surface area (Å²) in [5.74, 6) is 0. The molecule has 0 amide bonds. The van der Waals surface area contributed by atoms with Crippen molar-refractivity contribution < 1.29 is 28.6 Å². The van der Waals surface area contributed by atoms with Gasteiger partial charge in [-0.25, -0.2) is 0 Å². The monoisotopic (exact) mass is 288 g/mol. The fourth-order valence-electron chi connectivity index (χ4n) is 3.20. The minimum Gasteiger partial charge on any atom is -0.427 e. The largest absolute Gasteiger partial charge is 0.457 e. The molecule has 0 aromatic rings. The molecule has 0 spiro atoms. The van der Waals surface area contributed by atoms with Crippen LogP contribution in [0.4, 0.5) is 0 Å². The highest BCUT2D eigenvalue weighted by atomic mass is 16.8. The highest BCUT2D eigenvalue weighted by Crippen LogP contribution is 2.46. The molecule has 7 heteroatoms. The molecule has 0 saturated carbocycles. The molecule has 6 nitrogen and oxygen atoms in total. The fourth-order valence-corrected chi connectivity index (χ4v) is 3.20. The Morgan fingerprint density at radius 2 is 1.90 bits per heavy atom. The highest BCUT2D eigenvalue weighted by Gasteiger charge is 2.61. The Balaban J connectivity index is 2.24. The molecule has 2 rings (SSSR count). The molecule has 0 aromatic carbocycles. The van der Waals surface area contributed by atoms with Gasteiger partial charge < -0.3 is 28.6 Å². The van der Waals surface area contributed by atoms with Gasteiger partial charge in [0.1, 0.15) is 5.60 Å². The Morgan fingerprint density at radius 3 is 2.40 bits per heavy atom. The van der Waals surface area contributed by atoms with Crippen LogP contribution in [0, 0.1) is 5.41 Å². The van der Waals surface area contributed by atoms with Gasteiger partial charge in [-0.15, -0.1) is 0 Å². The lowest BCUT2D eigenvalue weighted by Gasteiger charge is -2.47. The first-order chi connectivity index (χ1) is 9.22. The summed E-state index contributed by atoms with van der Waals surface area (Å²) in [6.45, 7) is 8.12. The SMILES string of the molecule is COC(OC)C1O[C@H]2CB(O)O[C@@H](C(C)(C)C)[C@@]2(C)O1. The second kappa shape index (κ2) is 5.55. The summed E-state index contributed by atoms with van der Waals surface area (Å²) in [5.41, 5.74) is -0.834. The zero-order valence-corrected chi connectivity index (χ0v) is 13.1. The standard InChI is InChI=1S/C13H25BO6/c1-12(2,3)11-13(4)8(7-14(15)20-11)18-10(19-13)9(16-5)17-6/h8-11,15H,7H2,1-6H3/t8-,10?,11-,13-/m0/s1. The minimum atomic E-state index is -0.844. The average Bonchev–Trinajstić information content (AvgIpc) is 2.66. The first kappa shape index (κ1) is 16.2. The topological polar surface area (TPSA) is 66.4 Å². The summed E-state index contributed by atoms with van der Waals surface area (Å²) in [6.07, 6.45) is -1.40. The van der Waals surface area contributed by atoms with Crippen molar-refractivity contribution in [3.63, 3.8) is 0 Å². The zero-order chi connectivity index (χ0) is 15.1. The third-order valence-electron chi connectivity index (χ3n) is 4.01. The van der Waals surface area contributed by atoms with E-state index in [0.29, 0.717) is 6.32 Å². The summed E-state index contributed by atoms with van der Waals surface area (Å²) >= 11 is 0. The maximum absolute atomic E-state index is 9.92. The predicted octanol–water partition coefficient (Wildman–Crippen LogP) is 1.03. The number of ether oxygens (including phenoxy) is 4. The van der Waals surface area contributed by atoms with Gasteiger partial charge in [-0.2, -0.15) is 0 Å². The molecule has 0 aliphatic carbocycles. The first-order valence-electron chi connectivity index (χ1n) is 6.94. The Hall–Kier alpha value is -0.175. The summed E-state index contributed by atoms with van der Waals surface area (Å²) in [6, 6.07) is 0. The molecule has 2 saturated heterocycles. The van der Waals surface area contributed by atoms with Gasteiger partial charge in [0.25, 0.3) is 0 Å². The van der Waals surface area contributed by atoms with Crippen LogP contribution < -0.4 is 0 Å². The van der Waals surface area contributed by atoms with Crippen molar-refractivity contribution in [3.8, 4) is 0 Å². The smallest absolute Gasteiger partial charge is 0.427 e. The van der Waals surface area contributed by atoms with Crippen molar-refractivity contribution in [1.82, 2.24) is 0 Å². The summed E-state index contributed by atoms with van der Waals surface area (Å²) in [5, 5.41) is 9.92. The van der Waals surface area contributed by atoms with E-state index in [2.05, 4.69) is 20.8 Å². The van der Waals surface area contributed by atoms with Crippen molar-refractivity contribution in [2.24, 2.45) is 5.41 Å². The zero-order valence-electron chi connectivity index (χ0n) is 13.1. The van der Waals surface area contributed by atoms with Crippen molar-refractivity contribution in [2.75, 3.05) is 14.2 Å². The number of hydrogen-bond donors (Lipinski definition) is 1. The quantitative estimate of drug-likeness (QED) is 0.618. The van der Waals surface area contributed by atoms with Gasteiger partial charge in [-0.3, -0.25) is 0 Å². The molecule has 2 aliphatic rings. The van der Waals surface area contributed by atoms with Crippen molar-refractivity contribution in [3.05, 3.63) is 0 Å². The van der Waals surface area contributed by atoms with Crippen LogP contribution in [0.5, 0.6) is 0 Å². The van der Waals surface area contributed by atoms with Gasteiger partial charge in [-0.05, 0) is 12.3 Å². The number of rotatable bonds is 3. The van der Waals surface area contributed by atoms with Crippen LogP contribution >= 0.6 is 0 Å². The van der Waals surface area contributed by atoms with Crippen LogP contribution in [-0.4, -0.2) is 56.8 Å². The lowest BCUT2D eigenvalue weighted by Crippen LogP contribution is -2.61. The van der Waals surface area contributed by atoms with Crippen LogP contribution in [0.25, 0.3) is 0 Å². The van der Waals surface area contributed by atoms with E-state index in [4.69, 9.17) is 23.6 Å². The van der Waals surface area contributed by atoms with Gasteiger partial charge in [0.05, 0.1) is 12.2 Å². The average molecular weight is 288 g/mol. The summed E-state index contributed by atoms with van der Waals surface area (Å²) in [7, 11) is 2.23. The molecule has 2 aliphatic heterocycles. The summed E-state index contributed by atoms with van der Waals surface area (Å²) in [4.78, 5) is 0. The lowest BCUT2D eigenvalue weighted by molar-refractivity contribution is -0.251. The Morgan fingerprint density at radius 1 is 1.30 bits per heavy atom. The van der Waals surface area contributed by atoms with E-state index in [1.807, 2.05) is 6.92 Å². The van der Waals surface area contributed by atoms with E-state index in [1.54, 1.807) is 0 Å². The molecular weight excluding hydrogens is 263 g/mol. The third-order valence-corrected chi connectivity index (χ3v) is 4.01. The van der Waals surface area contributed by atoms with Gasteiger partial charge in [0, 0.05) is 20.5 Å². The lowest BCUT2D eigenvalue weighted by atomic mass is 9.65. The number of hydrogen-bond acceptors (Lipinski definition) is 6. The molecule has 2 fully saturated rings. The minimum absolute atomic E-state index is 0.192. The number of methoxy groups -OCH3 is 2. The van der Waals surface area contributed by atoms with Gasteiger partial charge >= 0.3 is 7.12 Å². The van der Waals surface area contributed by atoms with E-state index >= 15 is 0 Å². The van der Waals surface area contributed by atoms with Crippen molar-refractivity contribution in [2.45, 2.75) is 64.4 Å². The van der Waals surface area contributed by atoms with Crippen molar-refractivity contribution in [1.29, 1.82) is 0 Å². The predicted molar refractivity (Wildman–Crippen MR) is 73.1 cm³/mol. The molecule has 0 bridgehead atoms. The maximum Gasteiger partial charge on any atom is 0.457 e. The second-order valence-corrected chi connectivity index (χ2v) is 6.71. The molecule has 0 radical (unpaired) electrons. The van der Waals surface area contributed by atoms with Crippen LogP contribution in [0.2, 0.25) is 6.32 Å². The van der Waals surface area contributed by atoms with E-state index in [1.165, 1.54) is 14.2 Å². The molecule has 116 valence electrons. The summed E-state index contributed by atoms with van der Waals surface area (Å²) < 4.78 is 28.1. The Kier molecular flexibility index (Phi) is 4.50. The third kappa shape index (κ3) is 2.75. The van der Waals surface area contributed by atoms with E-state index < -0.39 is 25.3 Å². The van der Waals surface area contributed by atoms with E-state index in [9.17, 15) is 5.02 Å². The molecular formula is C13H25BO6. The van der Waals surface area contributed by atoms with Crippen LogP contribution in [0.1, 0.15) is 27.7 Å². The van der Waals surface area contributed by atoms with Gasteiger partial charge in [0.2, 0.25) is 12.6 Å². The molecule has 4 atom stereocenters. The van der Waals surface area contributed by atoms with Gasteiger partial charge in [0.15, 0.2) is 0 Å². The molecule has 1 unspecified atom stereocenters.